The van der Waals surface area contributed by atoms with Gasteiger partial charge >= 0.3 is 12.1 Å². The zero-order valence-electron chi connectivity index (χ0n) is 13.6. The normalized spacial score (nSPS) is 11.9. The molecule has 2 rings (SSSR count). The second kappa shape index (κ2) is 7.61. The Kier molecular flexibility index (Phi) is 5.86. The van der Waals surface area contributed by atoms with Crippen molar-refractivity contribution >= 4 is 33.3 Å². The second-order valence-electron chi connectivity index (χ2n) is 5.32. The molecule has 0 saturated carbocycles. The van der Waals surface area contributed by atoms with E-state index in [2.05, 4.69) is 6.58 Å². The van der Waals surface area contributed by atoms with Crippen molar-refractivity contribution in [2.75, 3.05) is 10.8 Å². The summed E-state index contributed by atoms with van der Waals surface area (Å²) < 4.78 is 65.6. The molecule has 1 N–H and O–H groups in total. The molecule has 2 aromatic rings. The molecule has 0 amide bonds. The van der Waals surface area contributed by atoms with Gasteiger partial charge in [0.1, 0.15) is 4.90 Å². The average Bonchev–Trinajstić information content (AvgIpc) is 2.58. The van der Waals surface area contributed by atoms with Crippen LogP contribution in [0.15, 0.2) is 60.0 Å². The van der Waals surface area contributed by atoms with Crippen molar-refractivity contribution in [1.29, 1.82) is 0 Å². The highest BCUT2D eigenvalue weighted by atomic mass is 35.5. The van der Waals surface area contributed by atoms with Crippen LogP contribution in [-0.4, -0.2) is 26.0 Å². The van der Waals surface area contributed by atoms with Gasteiger partial charge in [0, 0.05) is 0 Å². The third-order valence-electron chi connectivity index (χ3n) is 3.50. The summed E-state index contributed by atoms with van der Waals surface area (Å²) in [5.41, 5.74) is -1.63. The molecule has 10 heteroatoms. The summed E-state index contributed by atoms with van der Waals surface area (Å²) in [4.78, 5) is 10.6. The van der Waals surface area contributed by atoms with Gasteiger partial charge in [0.05, 0.1) is 28.4 Å². The zero-order valence-corrected chi connectivity index (χ0v) is 15.1. The van der Waals surface area contributed by atoms with Gasteiger partial charge in [-0.3, -0.25) is 4.31 Å². The Labute approximate surface area is 158 Å². The molecule has 0 aliphatic heterocycles. The number of carboxylic acid groups (broad SMARTS) is 1. The monoisotopic (exact) mass is 419 g/mol. The van der Waals surface area contributed by atoms with Crippen molar-refractivity contribution in [3.8, 4) is 0 Å². The number of sulfonamides is 1. The molecular weight excluding hydrogens is 407 g/mol. The van der Waals surface area contributed by atoms with Crippen LogP contribution in [0.4, 0.5) is 18.9 Å². The van der Waals surface area contributed by atoms with E-state index >= 15 is 0 Å². The number of halogens is 4. The standard InChI is InChI=1S/C17H13ClF3NO4S/c1-2-8-22(13-5-3-4-12(10-13)17(19,20)21)27(25,26)15-9-11(16(23)24)6-7-14(15)18/h2-7,9-10H,1,8H2,(H,23,24). The fourth-order valence-corrected chi connectivity index (χ4v) is 4.18. The minimum atomic E-state index is -4.67. The third-order valence-corrected chi connectivity index (χ3v) is 5.78. The SMILES string of the molecule is C=CCN(c1cccc(C(F)(F)F)c1)S(=O)(=O)c1cc(C(=O)O)ccc1Cl. The number of anilines is 1. The van der Waals surface area contributed by atoms with Gasteiger partial charge in [0.25, 0.3) is 10.0 Å². The lowest BCUT2D eigenvalue weighted by Gasteiger charge is -2.24. The quantitative estimate of drug-likeness (QED) is 0.702. The number of aromatic carboxylic acids is 1. The molecule has 144 valence electrons. The van der Waals surface area contributed by atoms with E-state index in [4.69, 9.17) is 16.7 Å². The molecule has 0 fully saturated rings. The van der Waals surface area contributed by atoms with Crippen LogP contribution in [0.5, 0.6) is 0 Å². The minimum Gasteiger partial charge on any atom is -0.478 e. The summed E-state index contributed by atoms with van der Waals surface area (Å²) in [6, 6.07) is 6.80. The molecule has 5 nitrogen and oxygen atoms in total. The second-order valence-corrected chi connectivity index (χ2v) is 7.56. The first-order valence-corrected chi connectivity index (χ1v) is 9.14. The van der Waals surface area contributed by atoms with E-state index in [9.17, 15) is 26.4 Å². The average molecular weight is 420 g/mol. The highest BCUT2D eigenvalue weighted by molar-refractivity contribution is 7.93. The van der Waals surface area contributed by atoms with E-state index in [-0.39, 0.29) is 22.8 Å². The first-order valence-electron chi connectivity index (χ1n) is 7.32. The molecule has 0 atom stereocenters. The molecule has 0 bridgehead atoms. The van der Waals surface area contributed by atoms with Gasteiger partial charge < -0.3 is 5.11 Å². The van der Waals surface area contributed by atoms with E-state index < -0.39 is 32.6 Å². The molecule has 0 radical (unpaired) electrons. The minimum absolute atomic E-state index is 0.262. The summed E-state index contributed by atoms with van der Waals surface area (Å²) in [5.74, 6) is -1.38. The highest BCUT2D eigenvalue weighted by Crippen LogP contribution is 2.34. The molecule has 0 aliphatic rings. The Balaban J connectivity index is 2.65. The number of alkyl halides is 3. The van der Waals surface area contributed by atoms with E-state index in [1.807, 2.05) is 0 Å². The van der Waals surface area contributed by atoms with Crippen molar-refractivity contribution in [2.45, 2.75) is 11.1 Å². The fourth-order valence-electron chi connectivity index (χ4n) is 2.25. The van der Waals surface area contributed by atoms with Crippen LogP contribution in [0, 0.1) is 0 Å². The predicted octanol–water partition coefficient (Wildman–Crippen LogP) is 4.44. The van der Waals surface area contributed by atoms with Gasteiger partial charge in [-0.1, -0.05) is 23.7 Å². The Bertz CT molecular complexity index is 990. The van der Waals surface area contributed by atoms with Crippen LogP contribution in [0.1, 0.15) is 15.9 Å². The van der Waals surface area contributed by atoms with Gasteiger partial charge in [0.15, 0.2) is 0 Å². The lowest BCUT2D eigenvalue weighted by atomic mass is 10.2. The summed E-state index contributed by atoms with van der Waals surface area (Å²) in [6.45, 7) is 3.07. The topological polar surface area (TPSA) is 74.7 Å². The smallest absolute Gasteiger partial charge is 0.416 e. The van der Waals surface area contributed by atoms with Crippen molar-refractivity contribution in [1.82, 2.24) is 0 Å². The molecule has 2 aromatic carbocycles. The van der Waals surface area contributed by atoms with Crippen molar-refractivity contribution in [3.05, 3.63) is 71.3 Å². The maximum Gasteiger partial charge on any atom is 0.416 e. The summed E-state index contributed by atoms with van der Waals surface area (Å²) >= 11 is 5.92. The molecule has 0 saturated heterocycles. The molecule has 0 spiro atoms. The van der Waals surface area contributed by atoms with Gasteiger partial charge in [0.2, 0.25) is 0 Å². The first kappa shape index (κ1) is 20.8. The van der Waals surface area contributed by atoms with E-state index in [0.717, 1.165) is 30.3 Å². The number of nitrogens with zero attached hydrogens (tertiary/aromatic N) is 1. The number of hydrogen-bond donors (Lipinski definition) is 1. The maximum absolute atomic E-state index is 13.0. The maximum atomic E-state index is 13.0. The zero-order chi connectivity index (χ0) is 20.4. The number of rotatable bonds is 6. The summed E-state index contributed by atoms with van der Waals surface area (Å²) in [6.07, 6.45) is -3.48. The Hall–Kier alpha value is -2.52. The largest absolute Gasteiger partial charge is 0.478 e. The lowest BCUT2D eigenvalue weighted by molar-refractivity contribution is -0.137. The number of carbonyl (C=O) groups is 1. The molecule has 0 aromatic heterocycles. The summed E-state index contributed by atoms with van der Waals surface area (Å²) in [7, 11) is -4.47. The molecular formula is C17H13ClF3NO4S. The van der Waals surface area contributed by atoms with E-state index in [0.29, 0.717) is 10.4 Å². The van der Waals surface area contributed by atoms with Gasteiger partial charge in [-0.15, -0.1) is 6.58 Å². The molecule has 0 unspecified atom stereocenters. The first-order chi connectivity index (χ1) is 12.5. The van der Waals surface area contributed by atoms with E-state index in [1.165, 1.54) is 12.1 Å². The number of carboxylic acids is 1. The molecule has 0 heterocycles. The van der Waals surface area contributed by atoms with Crippen LogP contribution in [0.3, 0.4) is 0 Å². The van der Waals surface area contributed by atoms with Gasteiger partial charge in [-0.25, -0.2) is 13.2 Å². The van der Waals surface area contributed by atoms with Gasteiger partial charge in [-0.05, 0) is 36.4 Å². The van der Waals surface area contributed by atoms with Gasteiger partial charge in [-0.2, -0.15) is 13.2 Å². The number of hydrogen-bond acceptors (Lipinski definition) is 3. The highest BCUT2D eigenvalue weighted by Gasteiger charge is 2.33. The van der Waals surface area contributed by atoms with Crippen LogP contribution in [0.25, 0.3) is 0 Å². The fraction of sp³-hybridized carbons (Fsp3) is 0.118. The van der Waals surface area contributed by atoms with Crippen LogP contribution in [-0.2, 0) is 16.2 Å². The Morgan fingerprint density at radius 2 is 1.89 bits per heavy atom. The summed E-state index contributed by atoms with van der Waals surface area (Å²) in [5, 5.41) is 8.80. The van der Waals surface area contributed by atoms with E-state index in [1.54, 1.807) is 0 Å². The van der Waals surface area contributed by atoms with Crippen LogP contribution in [0.2, 0.25) is 5.02 Å². The third kappa shape index (κ3) is 4.42. The van der Waals surface area contributed by atoms with Crippen molar-refractivity contribution < 1.29 is 31.5 Å². The van der Waals surface area contributed by atoms with Crippen LogP contribution < -0.4 is 4.31 Å². The Morgan fingerprint density at radius 1 is 1.22 bits per heavy atom. The van der Waals surface area contributed by atoms with Crippen molar-refractivity contribution in [2.24, 2.45) is 0 Å². The van der Waals surface area contributed by atoms with Crippen LogP contribution >= 0.6 is 11.6 Å². The van der Waals surface area contributed by atoms with Crippen molar-refractivity contribution in [3.63, 3.8) is 0 Å². The number of benzene rings is 2. The molecule has 27 heavy (non-hydrogen) atoms. The Morgan fingerprint density at radius 3 is 2.44 bits per heavy atom. The predicted molar refractivity (Wildman–Crippen MR) is 94.6 cm³/mol. The lowest BCUT2D eigenvalue weighted by Crippen LogP contribution is -2.31. The molecule has 0 aliphatic carbocycles.